The van der Waals surface area contributed by atoms with E-state index in [4.69, 9.17) is 4.74 Å². The number of anilines is 1. The summed E-state index contributed by atoms with van der Waals surface area (Å²) >= 11 is 0. The minimum absolute atomic E-state index is 0.0167. The number of benzene rings is 3. The van der Waals surface area contributed by atoms with Gasteiger partial charge in [0.25, 0.3) is 11.6 Å². The molecule has 156 valence electrons. The lowest BCUT2D eigenvalue weighted by atomic mass is 10.1. The number of hydrogen-bond acceptors (Lipinski definition) is 6. The van der Waals surface area contributed by atoms with Crippen LogP contribution in [0.15, 0.2) is 77.8 Å². The van der Waals surface area contributed by atoms with Gasteiger partial charge in [0.05, 0.1) is 22.8 Å². The number of carbonyl (C=O) groups is 2. The Hall–Kier alpha value is -4.33. The lowest BCUT2D eigenvalue weighted by molar-refractivity contribution is -0.384. The van der Waals surface area contributed by atoms with Gasteiger partial charge in [-0.3, -0.25) is 19.9 Å². The number of nitrogens with zero attached hydrogens (tertiary/aromatic N) is 2. The summed E-state index contributed by atoms with van der Waals surface area (Å²) in [6.45, 7) is 2.03. The average Bonchev–Trinajstić information content (AvgIpc) is 2.79. The summed E-state index contributed by atoms with van der Waals surface area (Å²) in [5.41, 5.74) is 2.78. The lowest BCUT2D eigenvalue weighted by Crippen LogP contribution is -2.12. The molecule has 0 saturated carbocycles. The van der Waals surface area contributed by atoms with Gasteiger partial charge in [-0.25, -0.2) is 4.79 Å². The molecule has 1 N–H and O–H groups in total. The smallest absolute Gasteiger partial charge is 0.338 e. The summed E-state index contributed by atoms with van der Waals surface area (Å²) in [4.78, 5) is 38.6. The summed E-state index contributed by atoms with van der Waals surface area (Å²) in [6, 6.07) is 19.2. The van der Waals surface area contributed by atoms with Gasteiger partial charge in [-0.1, -0.05) is 0 Å². The molecule has 0 aliphatic heterocycles. The standard InChI is InChI=1S/C23H19N3O5/c1-2-31-23(28)18-7-11-20(12-8-18)25-22(27)17-5-9-19(10-6-17)24-15-16-3-13-21(14-4-16)26(29)30/h3-15H,2H2,1H3,(H,25,27). The van der Waals surface area contributed by atoms with Crippen LogP contribution in [0.1, 0.15) is 33.2 Å². The van der Waals surface area contributed by atoms with Crippen molar-refractivity contribution in [3.8, 4) is 0 Å². The molecular formula is C23H19N3O5. The number of ether oxygens (including phenoxy) is 1. The van der Waals surface area contributed by atoms with Crippen LogP contribution >= 0.6 is 0 Å². The Bertz CT molecular complexity index is 1110. The minimum Gasteiger partial charge on any atom is -0.462 e. The second-order valence-electron chi connectivity index (χ2n) is 6.41. The van der Waals surface area contributed by atoms with E-state index in [-0.39, 0.29) is 11.6 Å². The van der Waals surface area contributed by atoms with E-state index in [2.05, 4.69) is 10.3 Å². The molecule has 8 heteroatoms. The van der Waals surface area contributed by atoms with E-state index in [9.17, 15) is 19.7 Å². The molecule has 1 amide bonds. The first-order chi connectivity index (χ1) is 15.0. The Kier molecular flexibility index (Phi) is 6.85. The van der Waals surface area contributed by atoms with Gasteiger partial charge in [0.2, 0.25) is 0 Å². The quantitative estimate of drug-likeness (QED) is 0.257. The number of hydrogen-bond donors (Lipinski definition) is 1. The highest BCUT2D eigenvalue weighted by molar-refractivity contribution is 6.04. The van der Waals surface area contributed by atoms with Crippen LogP contribution in [-0.4, -0.2) is 29.6 Å². The molecule has 0 atom stereocenters. The second kappa shape index (κ2) is 9.93. The normalized spacial score (nSPS) is 10.6. The molecule has 0 aromatic heterocycles. The van der Waals surface area contributed by atoms with Gasteiger partial charge >= 0.3 is 5.97 Å². The first-order valence-corrected chi connectivity index (χ1v) is 9.43. The summed E-state index contributed by atoms with van der Waals surface area (Å²) < 4.78 is 4.93. The molecule has 0 bridgehead atoms. The highest BCUT2D eigenvalue weighted by Crippen LogP contribution is 2.17. The van der Waals surface area contributed by atoms with E-state index in [0.717, 1.165) is 5.56 Å². The zero-order valence-corrected chi connectivity index (χ0v) is 16.6. The molecule has 0 aliphatic carbocycles. The molecule has 0 fully saturated rings. The Morgan fingerprint density at radius 1 is 0.968 bits per heavy atom. The number of amides is 1. The van der Waals surface area contributed by atoms with Gasteiger partial charge in [0.1, 0.15) is 0 Å². The van der Waals surface area contributed by atoms with Crippen LogP contribution in [0.4, 0.5) is 17.1 Å². The molecule has 3 aromatic rings. The molecular weight excluding hydrogens is 398 g/mol. The molecule has 0 unspecified atom stereocenters. The Morgan fingerprint density at radius 3 is 2.16 bits per heavy atom. The zero-order valence-electron chi connectivity index (χ0n) is 16.6. The van der Waals surface area contributed by atoms with Gasteiger partial charge in [-0.2, -0.15) is 0 Å². The predicted octanol–water partition coefficient (Wildman–Crippen LogP) is 4.77. The number of non-ortho nitro benzene ring substituents is 1. The van der Waals surface area contributed by atoms with Gasteiger partial charge < -0.3 is 10.1 Å². The molecule has 3 rings (SSSR count). The van der Waals surface area contributed by atoms with Crippen LogP contribution in [0, 0.1) is 10.1 Å². The molecule has 31 heavy (non-hydrogen) atoms. The Labute approximate surface area is 178 Å². The number of rotatable bonds is 7. The van der Waals surface area contributed by atoms with Crippen molar-refractivity contribution in [1.29, 1.82) is 0 Å². The number of carbonyl (C=O) groups excluding carboxylic acids is 2. The molecule has 3 aromatic carbocycles. The predicted molar refractivity (Wildman–Crippen MR) is 117 cm³/mol. The topological polar surface area (TPSA) is 111 Å². The van der Waals surface area contributed by atoms with E-state index in [0.29, 0.717) is 29.1 Å². The molecule has 0 spiro atoms. The number of nitrogens with one attached hydrogen (secondary N) is 1. The number of esters is 1. The van der Waals surface area contributed by atoms with Gasteiger partial charge in [0.15, 0.2) is 0 Å². The summed E-state index contributed by atoms with van der Waals surface area (Å²) in [7, 11) is 0. The van der Waals surface area contributed by atoms with Crippen molar-refractivity contribution in [3.05, 3.63) is 99.6 Å². The van der Waals surface area contributed by atoms with Crippen molar-refractivity contribution in [2.45, 2.75) is 6.92 Å². The van der Waals surface area contributed by atoms with Gasteiger partial charge in [-0.15, -0.1) is 0 Å². The summed E-state index contributed by atoms with van der Waals surface area (Å²) in [6.07, 6.45) is 1.59. The van der Waals surface area contributed by atoms with Crippen LogP contribution in [-0.2, 0) is 4.74 Å². The maximum Gasteiger partial charge on any atom is 0.338 e. The fourth-order valence-corrected chi connectivity index (χ4v) is 2.64. The minimum atomic E-state index is -0.459. The van der Waals surface area contributed by atoms with Crippen molar-refractivity contribution >= 4 is 35.2 Å². The molecule has 0 heterocycles. The van der Waals surface area contributed by atoms with Crippen LogP contribution in [0.3, 0.4) is 0 Å². The number of aliphatic imine (C=N–C) groups is 1. The van der Waals surface area contributed by atoms with Crippen molar-refractivity contribution in [2.24, 2.45) is 4.99 Å². The molecule has 0 aliphatic rings. The third-order valence-electron chi connectivity index (χ3n) is 4.25. The van der Waals surface area contributed by atoms with Crippen molar-refractivity contribution in [3.63, 3.8) is 0 Å². The largest absolute Gasteiger partial charge is 0.462 e. The maximum atomic E-state index is 12.4. The second-order valence-corrected chi connectivity index (χ2v) is 6.41. The Balaban J connectivity index is 1.60. The van der Waals surface area contributed by atoms with Crippen molar-refractivity contribution in [1.82, 2.24) is 0 Å². The van der Waals surface area contributed by atoms with Crippen LogP contribution in [0.5, 0.6) is 0 Å². The molecule has 8 nitrogen and oxygen atoms in total. The van der Waals surface area contributed by atoms with E-state index in [1.54, 1.807) is 73.8 Å². The first kappa shape index (κ1) is 21.4. The monoisotopic (exact) mass is 417 g/mol. The molecule has 0 saturated heterocycles. The van der Waals surface area contributed by atoms with E-state index in [1.807, 2.05) is 0 Å². The van der Waals surface area contributed by atoms with Gasteiger partial charge in [-0.05, 0) is 73.2 Å². The van der Waals surface area contributed by atoms with Gasteiger partial charge in [0, 0.05) is 29.6 Å². The third kappa shape index (κ3) is 5.83. The first-order valence-electron chi connectivity index (χ1n) is 9.43. The van der Waals surface area contributed by atoms with E-state index in [1.165, 1.54) is 12.1 Å². The highest BCUT2D eigenvalue weighted by atomic mass is 16.6. The van der Waals surface area contributed by atoms with Crippen molar-refractivity contribution in [2.75, 3.05) is 11.9 Å². The number of nitro benzene ring substituents is 1. The van der Waals surface area contributed by atoms with Crippen LogP contribution in [0.2, 0.25) is 0 Å². The maximum absolute atomic E-state index is 12.4. The SMILES string of the molecule is CCOC(=O)c1ccc(NC(=O)c2ccc(N=Cc3ccc([N+](=O)[O-])cc3)cc2)cc1. The average molecular weight is 417 g/mol. The fraction of sp³-hybridized carbons (Fsp3) is 0.0870. The lowest BCUT2D eigenvalue weighted by Gasteiger charge is -2.07. The number of nitro groups is 1. The van der Waals surface area contributed by atoms with Crippen molar-refractivity contribution < 1.29 is 19.2 Å². The van der Waals surface area contributed by atoms with E-state index >= 15 is 0 Å². The third-order valence-corrected chi connectivity index (χ3v) is 4.25. The highest BCUT2D eigenvalue weighted by Gasteiger charge is 2.09. The Morgan fingerprint density at radius 2 is 1.58 bits per heavy atom. The summed E-state index contributed by atoms with van der Waals surface area (Å²) in [5, 5.41) is 13.4. The molecule has 0 radical (unpaired) electrons. The van der Waals surface area contributed by atoms with Crippen LogP contribution in [0.25, 0.3) is 0 Å². The van der Waals surface area contributed by atoms with Crippen LogP contribution < -0.4 is 5.32 Å². The summed E-state index contributed by atoms with van der Waals surface area (Å²) in [5.74, 6) is -0.708. The fourth-order valence-electron chi connectivity index (χ4n) is 2.64. The van der Waals surface area contributed by atoms with E-state index < -0.39 is 10.9 Å². The zero-order chi connectivity index (χ0) is 22.2.